The second kappa shape index (κ2) is 8.00. The monoisotopic (exact) mass is 466 g/mol. The van der Waals surface area contributed by atoms with Gasteiger partial charge in [-0.15, -0.1) is 0 Å². The molecule has 4 aromatic rings. The van der Waals surface area contributed by atoms with E-state index < -0.39 is 6.03 Å². The molecule has 1 saturated carbocycles. The average Bonchev–Trinajstić information content (AvgIpc) is 3.58. The van der Waals surface area contributed by atoms with Crippen LogP contribution in [0, 0.1) is 0 Å². The van der Waals surface area contributed by atoms with Gasteiger partial charge in [-0.3, -0.25) is 0 Å². The van der Waals surface area contributed by atoms with Crippen LogP contribution < -0.4 is 16.4 Å². The summed E-state index contributed by atoms with van der Waals surface area (Å²) in [5.74, 6) is 0.949. The molecule has 1 aliphatic carbocycles. The van der Waals surface area contributed by atoms with Crippen LogP contribution in [0.5, 0.6) is 0 Å². The van der Waals surface area contributed by atoms with Gasteiger partial charge in [0.1, 0.15) is 0 Å². The summed E-state index contributed by atoms with van der Waals surface area (Å²) in [6, 6.07) is 14.3. The van der Waals surface area contributed by atoms with Crippen LogP contribution in [0.3, 0.4) is 0 Å². The predicted octanol–water partition coefficient (Wildman–Crippen LogP) is 6.05. The zero-order valence-electron chi connectivity index (χ0n) is 17.2. The van der Waals surface area contributed by atoms with Crippen molar-refractivity contribution in [2.45, 2.75) is 18.8 Å². The van der Waals surface area contributed by atoms with E-state index in [1.165, 1.54) is 0 Å². The zero-order chi connectivity index (χ0) is 22.4. The number of nitrogens with one attached hydrogen (secondary N) is 2. The molecule has 4 N–H and O–H groups in total. The van der Waals surface area contributed by atoms with Gasteiger partial charge in [0.05, 0.1) is 21.1 Å². The molecule has 2 amide bonds. The molecule has 2 aromatic carbocycles. The number of amides is 2. The van der Waals surface area contributed by atoms with Gasteiger partial charge in [0.25, 0.3) is 0 Å². The van der Waals surface area contributed by atoms with Crippen molar-refractivity contribution in [1.82, 2.24) is 14.8 Å². The zero-order valence-corrected chi connectivity index (χ0v) is 18.7. The number of nitrogens with two attached hydrogens (primary N) is 1. The molecule has 2 heterocycles. The molecule has 0 radical (unpaired) electrons. The van der Waals surface area contributed by atoms with Crippen LogP contribution >= 0.6 is 23.2 Å². The number of carbonyl (C=O) groups excluding carboxylic acids is 1. The summed E-state index contributed by atoms with van der Waals surface area (Å²) < 4.78 is 1.72. The number of urea groups is 1. The molecule has 1 fully saturated rings. The maximum Gasteiger partial charge on any atom is 0.323 e. The Kier molecular flexibility index (Phi) is 5.15. The number of halogens is 2. The molecule has 1 aliphatic rings. The summed E-state index contributed by atoms with van der Waals surface area (Å²) in [4.78, 5) is 17.2. The number of rotatable bonds is 4. The fourth-order valence-corrected chi connectivity index (χ4v) is 4.08. The highest BCUT2D eigenvalue weighted by Gasteiger charge is 2.27. The number of carbonyl (C=O) groups is 1. The van der Waals surface area contributed by atoms with E-state index in [2.05, 4.69) is 21.8 Å². The molecule has 0 atom stereocenters. The van der Waals surface area contributed by atoms with Crippen molar-refractivity contribution in [2.75, 3.05) is 16.4 Å². The second-order valence-corrected chi connectivity index (χ2v) is 8.62. The summed E-state index contributed by atoms with van der Waals surface area (Å²) in [7, 11) is 1.85. The van der Waals surface area contributed by atoms with Gasteiger partial charge >= 0.3 is 6.03 Å². The van der Waals surface area contributed by atoms with Gasteiger partial charge in [-0.25, -0.2) is 14.5 Å². The Morgan fingerprint density at radius 1 is 1.12 bits per heavy atom. The second-order valence-electron chi connectivity index (χ2n) is 7.83. The Labute approximate surface area is 194 Å². The normalized spacial score (nSPS) is 13.3. The number of nitrogen functional groups attached to an aromatic ring is 1. The fourth-order valence-electron chi connectivity index (χ4n) is 3.73. The quantitative estimate of drug-likeness (QED) is 0.341. The minimum absolute atomic E-state index is 0.293. The predicted molar refractivity (Wildman–Crippen MR) is 129 cm³/mol. The molecule has 7 nitrogen and oxygen atoms in total. The summed E-state index contributed by atoms with van der Waals surface area (Å²) >= 11 is 12.1. The Bertz CT molecular complexity index is 1350. The third kappa shape index (κ3) is 3.85. The van der Waals surface area contributed by atoms with Gasteiger partial charge in [0.15, 0.2) is 11.5 Å². The van der Waals surface area contributed by atoms with Crippen molar-refractivity contribution >= 4 is 57.5 Å². The number of hydrogen-bond donors (Lipinski definition) is 3. The Morgan fingerprint density at radius 3 is 2.59 bits per heavy atom. The van der Waals surface area contributed by atoms with Crippen molar-refractivity contribution in [2.24, 2.45) is 7.05 Å². The topological polar surface area (TPSA) is 97.9 Å². The van der Waals surface area contributed by atoms with Gasteiger partial charge in [0.2, 0.25) is 0 Å². The molecule has 32 heavy (non-hydrogen) atoms. The van der Waals surface area contributed by atoms with Crippen LogP contribution in [0.25, 0.3) is 22.2 Å². The molecular weight excluding hydrogens is 447 g/mol. The van der Waals surface area contributed by atoms with Crippen molar-refractivity contribution in [3.8, 4) is 11.1 Å². The third-order valence-electron chi connectivity index (χ3n) is 5.49. The molecule has 0 spiro atoms. The van der Waals surface area contributed by atoms with Crippen LogP contribution in [-0.4, -0.2) is 20.8 Å². The number of hydrogen-bond acceptors (Lipinski definition) is 4. The number of fused-ring (bicyclic) bond motifs is 1. The fraction of sp³-hybridized carbons (Fsp3) is 0.174. The van der Waals surface area contributed by atoms with E-state index in [1.807, 2.05) is 31.3 Å². The van der Waals surface area contributed by atoms with Crippen molar-refractivity contribution in [3.05, 3.63) is 64.3 Å². The number of benzene rings is 2. The van der Waals surface area contributed by atoms with Crippen LogP contribution in [0.15, 0.2) is 48.5 Å². The van der Waals surface area contributed by atoms with Crippen LogP contribution in [0.1, 0.15) is 24.5 Å². The van der Waals surface area contributed by atoms with Gasteiger partial charge in [0, 0.05) is 24.3 Å². The first kappa shape index (κ1) is 20.6. The van der Waals surface area contributed by atoms with E-state index in [9.17, 15) is 4.79 Å². The number of nitrogens with zero attached hydrogens (tertiary/aromatic N) is 3. The highest BCUT2D eigenvalue weighted by atomic mass is 35.5. The molecule has 2 aromatic heterocycles. The number of pyridine rings is 1. The number of aromatic nitrogens is 3. The summed E-state index contributed by atoms with van der Waals surface area (Å²) in [6.45, 7) is 0. The third-order valence-corrected chi connectivity index (χ3v) is 6.31. The molecule has 0 aliphatic heterocycles. The lowest BCUT2D eigenvalue weighted by Gasteiger charge is -2.11. The van der Waals surface area contributed by atoms with E-state index in [4.69, 9.17) is 33.9 Å². The minimum Gasteiger partial charge on any atom is -0.382 e. The average molecular weight is 467 g/mol. The lowest BCUT2D eigenvalue weighted by Crippen LogP contribution is -2.19. The summed E-state index contributed by atoms with van der Waals surface area (Å²) in [5, 5.41) is 11.4. The van der Waals surface area contributed by atoms with Crippen molar-refractivity contribution in [3.63, 3.8) is 0 Å². The van der Waals surface area contributed by atoms with Gasteiger partial charge in [-0.05, 0) is 54.3 Å². The standard InChI is InChI=1S/C23H20Cl2N6O/c1-31-22-19(21(26)30-31)15(11-18(28-22)13-5-6-13)12-7-9-14(10-8-12)27-23(32)29-17-4-2-3-16(24)20(17)25/h2-4,7-11,13H,5-6H2,1H3,(H2,26,30)(H2,27,29,32). The molecule has 9 heteroatoms. The lowest BCUT2D eigenvalue weighted by molar-refractivity contribution is 0.262. The summed E-state index contributed by atoms with van der Waals surface area (Å²) in [6.07, 6.45) is 2.31. The van der Waals surface area contributed by atoms with E-state index in [-0.39, 0.29) is 0 Å². The molecule has 0 bridgehead atoms. The maximum absolute atomic E-state index is 12.4. The van der Waals surface area contributed by atoms with Gasteiger partial charge in [-0.1, -0.05) is 41.4 Å². The lowest BCUT2D eigenvalue weighted by atomic mass is 10.0. The van der Waals surface area contributed by atoms with Gasteiger partial charge in [-0.2, -0.15) is 5.10 Å². The van der Waals surface area contributed by atoms with Crippen LogP contribution in [0.2, 0.25) is 10.0 Å². The molecule has 0 unspecified atom stereocenters. The smallest absolute Gasteiger partial charge is 0.323 e. The molecule has 162 valence electrons. The Balaban J connectivity index is 1.41. The van der Waals surface area contributed by atoms with Crippen molar-refractivity contribution < 1.29 is 4.79 Å². The number of aryl methyl sites for hydroxylation is 1. The van der Waals surface area contributed by atoms with Crippen LogP contribution in [-0.2, 0) is 7.05 Å². The van der Waals surface area contributed by atoms with Crippen molar-refractivity contribution in [1.29, 1.82) is 0 Å². The maximum atomic E-state index is 12.4. The summed E-state index contributed by atoms with van der Waals surface area (Å²) in [5.41, 5.74) is 11.1. The first-order valence-corrected chi connectivity index (χ1v) is 10.9. The van der Waals surface area contributed by atoms with E-state index in [0.29, 0.717) is 33.2 Å². The number of anilines is 3. The van der Waals surface area contributed by atoms with E-state index >= 15 is 0 Å². The van der Waals surface area contributed by atoms with E-state index in [1.54, 1.807) is 22.9 Å². The van der Waals surface area contributed by atoms with Crippen LogP contribution in [0.4, 0.5) is 22.0 Å². The highest BCUT2D eigenvalue weighted by molar-refractivity contribution is 6.44. The highest BCUT2D eigenvalue weighted by Crippen LogP contribution is 2.42. The first-order chi connectivity index (χ1) is 15.4. The Hall–Kier alpha value is -3.29. The minimum atomic E-state index is -0.416. The van der Waals surface area contributed by atoms with Gasteiger partial charge < -0.3 is 16.4 Å². The van der Waals surface area contributed by atoms with E-state index in [0.717, 1.165) is 40.7 Å². The molecular formula is C23H20Cl2N6O. The largest absolute Gasteiger partial charge is 0.382 e. The molecule has 0 saturated heterocycles. The first-order valence-electron chi connectivity index (χ1n) is 10.2. The molecule has 5 rings (SSSR count). The SMILES string of the molecule is Cn1nc(N)c2c(-c3ccc(NC(=O)Nc4cccc(Cl)c4Cl)cc3)cc(C3CC3)nc21. The Morgan fingerprint density at radius 2 is 1.88 bits per heavy atom.